The summed E-state index contributed by atoms with van der Waals surface area (Å²) in [4.78, 5) is 0. The van der Waals surface area contributed by atoms with Crippen LogP contribution in [0.15, 0.2) is 24.5 Å². The lowest BCUT2D eigenvalue weighted by Gasteiger charge is -2.12. The highest BCUT2D eigenvalue weighted by molar-refractivity contribution is 5.90. The van der Waals surface area contributed by atoms with Gasteiger partial charge in [-0.15, -0.1) is 0 Å². The molecule has 0 saturated carbocycles. The van der Waals surface area contributed by atoms with Crippen molar-refractivity contribution < 1.29 is 9.67 Å². The number of aromatic hydroxyl groups is 1. The summed E-state index contributed by atoms with van der Waals surface area (Å²) in [5, 5.41) is 12.4. The second kappa shape index (κ2) is 4.60. The molecule has 0 saturated heterocycles. The van der Waals surface area contributed by atoms with Crippen LogP contribution in [0.1, 0.15) is 50.8 Å². The molecule has 0 amide bonds. The summed E-state index contributed by atoms with van der Waals surface area (Å²) in [5.74, 6) is 0.852. The molecule has 0 aliphatic carbocycles. The van der Waals surface area contributed by atoms with Gasteiger partial charge < -0.3 is 5.11 Å². The van der Waals surface area contributed by atoms with Crippen LogP contribution in [-0.2, 0) is 0 Å². The smallest absolute Gasteiger partial charge is 0.180 e. The monoisotopic (exact) mass is 244 g/mol. The van der Waals surface area contributed by atoms with Crippen molar-refractivity contribution in [3.05, 3.63) is 35.7 Å². The molecule has 2 rings (SSSR count). The van der Waals surface area contributed by atoms with Crippen molar-refractivity contribution in [3.8, 4) is 5.75 Å². The molecular weight excluding hydrogens is 222 g/mol. The number of rotatable bonds is 2. The van der Waals surface area contributed by atoms with E-state index in [2.05, 4.69) is 44.5 Å². The van der Waals surface area contributed by atoms with E-state index in [0.717, 1.165) is 16.3 Å². The van der Waals surface area contributed by atoms with Crippen LogP contribution in [0, 0.1) is 6.92 Å². The molecule has 0 unspecified atom stereocenters. The molecular formula is C16H22NO+. The Morgan fingerprint density at radius 3 is 2.22 bits per heavy atom. The SMILES string of the molecule is Cc1ccc2c(C(C)C)c[n+](C(C)C)cc2c1O. The van der Waals surface area contributed by atoms with Gasteiger partial charge in [0, 0.05) is 10.9 Å². The third-order valence-electron chi connectivity index (χ3n) is 3.51. The summed E-state index contributed by atoms with van der Waals surface area (Å²) in [6, 6.07) is 4.50. The number of phenolic OH excluding ortho intramolecular Hbond substituents is 1. The molecule has 96 valence electrons. The topological polar surface area (TPSA) is 24.1 Å². The van der Waals surface area contributed by atoms with Gasteiger partial charge in [0.2, 0.25) is 0 Å². The van der Waals surface area contributed by atoms with Gasteiger partial charge in [0.05, 0.1) is 5.39 Å². The number of aryl methyl sites for hydroxylation is 1. The molecule has 0 aliphatic rings. The zero-order valence-corrected chi connectivity index (χ0v) is 11.9. The number of phenols is 1. The summed E-state index contributed by atoms with van der Waals surface area (Å²) in [5.41, 5.74) is 2.22. The predicted molar refractivity (Wildman–Crippen MR) is 75.0 cm³/mol. The number of fused-ring (bicyclic) bond motifs is 1. The van der Waals surface area contributed by atoms with Crippen molar-refractivity contribution in [1.29, 1.82) is 0 Å². The van der Waals surface area contributed by atoms with E-state index in [1.54, 1.807) is 0 Å². The molecule has 0 atom stereocenters. The van der Waals surface area contributed by atoms with Gasteiger partial charge in [-0.3, -0.25) is 0 Å². The highest BCUT2D eigenvalue weighted by Crippen LogP contribution is 2.32. The molecule has 0 fully saturated rings. The van der Waals surface area contributed by atoms with Gasteiger partial charge in [0.1, 0.15) is 5.75 Å². The Morgan fingerprint density at radius 2 is 1.67 bits per heavy atom. The minimum absolute atomic E-state index is 0.395. The summed E-state index contributed by atoms with van der Waals surface area (Å²) in [6.07, 6.45) is 4.25. The molecule has 1 aromatic heterocycles. The zero-order chi connectivity index (χ0) is 13.4. The molecule has 0 bridgehead atoms. The average molecular weight is 244 g/mol. The highest BCUT2D eigenvalue weighted by Gasteiger charge is 2.17. The van der Waals surface area contributed by atoms with Crippen LogP contribution < -0.4 is 4.57 Å². The molecule has 2 nitrogen and oxygen atoms in total. The predicted octanol–water partition coefficient (Wildman–Crippen LogP) is 3.85. The molecule has 0 spiro atoms. The zero-order valence-electron chi connectivity index (χ0n) is 11.9. The molecule has 1 heterocycles. The van der Waals surface area contributed by atoms with Crippen LogP contribution >= 0.6 is 0 Å². The van der Waals surface area contributed by atoms with E-state index >= 15 is 0 Å². The minimum Gasteiger partial charge on any atom is -0.507 e. The third kappa shape index (κ3) is 2.07. The van der Waals surface area contributed by atoms with Crippen molar-refractivity contribution >= 4 is 10.8 Å². The summed E-state index contributed by atoms with van der Waals surface area (Å²) >= 11 is 0. The standard InChI is InChI=1S/C16H21NO/c1-10(2)14-8-17(11(3)4)9-15-13(14)7-6-12(5)16(15)18/h6-11H,1-5H3/p+1. The molecule has 2 heteroatoms. The first kappa shape index (κ1) is 12.9. The van der Waals surface area contributed by atoms with Gasteiger partial charge >= 0.3 is 0 Å². The molecule has 0 radical (unpaired) electrons. The fourth-order valence-electron chi connectivity index (χ4n) is 2.27. The van der Waals surface area contributed by atoms with Crippen molar-refractivity contribution in [2.45, 2.75) is 46.6 Å². The first-order valence-electron chi connectivity index (χ1n) is 6.58. The van der Waals surface area contributed by atoms with Crippen LogP contribution in [0.5, 0.6) is 5.75 Å². The molecule has 1 aromatic carbocycles. The van der Waals surface area contributed by atoms with E-state index in [1.165, 1.54) is 5.56 Å². The maximum atomic E-state index is 10.3. The highest BCUT2D eigenvalue weighted by atomic mass is 16.3. The maximum Gasteiger partial charge on any atom is 0.180 e. The first-order chi connectivity index (χ1) is 8.41. The van der Waals surface area contributed by atoms with Gasteiger partial charge in [0.15, 0.2) is 18.4 Å². The maximum absolute atomic E-state index is 10.3. The Morgan fingerprint density at radius 1 is 1.00 bits per heavy atom. The van der Waals surface area contributed by atoms with Crippen LogP contribution in [-0.4, -0.2) is 5.11 Å². The largest absolute Gasteiger partial charge is 0.507 e. The number of pyridine rings is 1. The van der Waals surface area contributed by atoms with E-state index in [1.807, 2.05) is 19.2 Å². The number of hydrogen-bond acceptors (Lipinski definition) is 1. The van der Waals surface area contributed by atoms with Crippen LogP contribution in [0.25, 0.3) is 10.8 Å². The van der Waals surface area contributed by atoms with Crippen molar-refractivity contribution in [3.63, 3.8) is 0 Å². The van der Waals surface area contributed by atoms with E-state index in [-0.39, 0.29) is 0 Å². The van der Waals surface area contributed by atoms with E-state index in [0.29, 0.717) is 17.7 Å². The van der Waals surface area contributed by atoms with E-state index in [4.69, 9.17) is 0 Å². The molecule has 18 heavy (non-hydrogen) atoms. The second-order valence-electron chi connectivity index (χ2n) is 5.60. The fraction of sp³-hybridized carbons (Fsp3) is 0.438. The number of hydrogen-bond donors (Lipinski definition) is 1. The normalized spacial score (nSPS) is 11.7. The quantitative estimate of drug-likeness (QED) is 0.797. The van der Waals surface area contributed by atoms with Crippen molar-refractivity contribution in [2.75, 3.05) is 0 Å². The molecule has 2 aromatic rings. The third-order valence-corrected chi connectivity index (χ3v) is 3.51. The molecule has 1 N–H and O–H groups in total. The Labute approximate surface area is 109 Å². The van der Waals surface area contributed by atoms with Crippen LogP contribution in [0.4, 0.5) is 0 Å². The Balaban J connectivity index is 2.85. The summed E-state index contributed by atoms with van der Waals surface area (Å²) in [6.45, 7) is 10.6. The van der Waals surface area contributed by atoms with Gasteiger partial charge in [-0.2, -0.15) is 0 Å². The van der Waals surface area contributed by atoms with Gasteiger partial charge in [0.25, 0.3) is 0 Å². The average Bonchev–Trinajstić information content (AvgIpc) is 2.32. The summed E-state index contributed by atoms with van der Waals surface area (Å²) in [7, 11) is 0. The Hall–Kier alpha value is -1.57. The lowest BCUT2D eigenvalue weighted by molar-refractivity contribution is -0.715. The number of nitrogens with zero attached hydrogens (tertiary/aromatic N) is 1. The van der Waals surface area contributed by atoms with Gasteiger partial charge in [-0.25, -0.2) is 4.57 Å². The first-order valence-corrected chi connectivity index (χ1v) is 6.58. The van der Waals surface area contributed by atoms with Gasteiger partial charge in [-0.05, 0) is 32.3 Å². The van der Waals surface area contributed by atoms with Crippen molar-refractivity contribution in [1.82, 2.24) is 0 Å². The second-order valence-corrected chi connectivity index (χ2v) is 5.60. The Kier molecular flexibility index (Phi) is 3.29. The minimum atomic E-state index is 0.395. The van der Waals surface area contributed by atoms with Crippen molar-refractivity contribution in [2.24, 2.45) is 0 Å². The molecule has 0 aliphatic heterocycles. The number of aromatic nitrogens is 1. The van der Waals surface area contributed by atoms with Crippen LogP contribution in [0.2, 0.25) is 0 Å². The number of benzene rings is 1. The lowest BCUT2D eigenvalue weighted by Crippen LogP contribution is -2.36. The fourth-order valence-corrected chi connectivity index (χ4v) is 2.27. The van der Waals surface area contributed by atoms with Gasteiger partial charge in [-0.1, -0.05) is 26.0 Å². The Bertz CT molecular complexity index is 585. The van der Waals surface area contributed by atoms with E-state index in [9.17, 15) is 5.11 Å². The summed E-state index contributed by atoms with van der Waals surface area (Å²) < 4.78 is 2.18. The lowest BCUT2D eigenvalue weighted by atomic mass is 9.96. The van der Waals surface area contributed by atoms with E-state index < -0.39 is 0 Å². The van der Waals surface area contributed by atoms with Crippen LogP contribution in [0.3, 0.4) is 0 Å².